The topological polar surface area (TPSA) is 17.1 Å². The minimum atomic E-state index is -0.0804. The molecule has 3 heteroatoms. The van der Waals surface area contributed by atoms with Crippen LogP contribution in [0.15, 0.2) is 18.2 Å². The van der Waals surface area contributed by atoms with Crippen LogP contribution in [-0.4, -0.2) is 5.78 Å². The molecule has 0 saturated heterocycles. The third kappa shape index (κ3) is 2.35. The maximum atomic E-state index is 11.8. The van der Waals surface area contributed by atoms with Gasteiger partial charge in [-0.2, -0.15) is 0 Å². The molecule has 2 rings (SSSR count). The van der Waals surface area contributed by atoms with E-state index in [1.807, 2.05) is 13.0 Å². The highest BCUT2D eigenvalue weighted by Crippen LogP contribution is 2.46. The van der Waals surface area contributed by atoms with Crippen LogP contribution in [0, 0.1) is 5.41 Å². The number of rotatable bonds is 3. The Morgan fingerprint density at radius 1 is 1.40 bits per heavy atom. The molecule has 0 heterocycles. The molecule has 1 aliphatic rings. The highest BCUT2D eigenvalue weighted by molar-refractivity contribution is 6.35. The molecule has 1 saturated carbocycles. The summed E-state index contributed by atoms with van der Waals surface area (Å²) < 4.78 is 0. The molecule has 0 amide bonds. The summed E-state index contributed by atoms with van der Waals surface area (Å²) >= 11 is 11.8. The van der Waals surface area contributed by atoms with Crippen LogP contribution in [-0.2, 0) is 11.2 Å². The third-order valence-corrected chi connectivity index (χ3v) is 3.63. The van der Waals surface area contributed by atoms with Crippen molar-refractivity contribution < 1.29 is 4.79 Å². The molecule has 0 aromatic heterocycles. The minimum Gasteiger partial charge on any atom is -0.299 e. The van der Waals surface area contributed by atoms with Crippen LogP contribution in [0.5, 0.6) is 0 Å². The van der Waals surface area contributed by atoms with Gasteiger partial charge in [0.25, 0.3) is 0 Å². The van der Waals surface area contributed by atoms with Crippen molar-refractivity contribution in [1.29, 1.82) is 0 Å². The largest absolute Gasteiger partial charge is 0.299 e. The second-order valence-corrected chi connectivity index (χ2v) is 5.24. The molecule has 0 N–H and O–H groups in total. The Kier molecular flexibility index (Phi) is 2.78. The van der Waals surface area contributed by atoms with Crippen molar-refractivity contribution in [2.75, 3.05) is 0 Å². The van der Waals surface area contributed by atoms with E-state index >= 15 is 0 Å². The van der Waals surface area contributed by atoms with Crippen LogP contribution in [0.25, 0.3) is 0 Å². The predicted molar refractivity (Wildman–Crippen MR) is 62.5 cm³/mol. The molecule has 1 aliphatic carbocycles. The average molecular weight is 243 g/mol. The predicted octanol–water partition coefficient (Wildman–Crippen LogP) is 3.91. The molecule has 0 unspecified atom stereocenters. The summed E-state index contributed by atoms with van der Waals surface area (Å²) in [6.07, 6.45) is 2.45. The summed E-state index contributed by atoms with van der Waals surface area (Å²) in [5, 5.41) is 1.19. The van der Waals surface area contributed by atoms with Crippen LogP contribution in [0.1, 0.15) is 25.3 Å². The van der Waals surface area contributed by atoms with Gasteiger partial charge in [-0.15, -0.1) is 0 Å². The van der Waals surface area contributed by atoms with Crippen molar-refractivity contribution in [3.8, 4) is 0 Å². The maximum Gasteiger partial charge on any atom is 0.143 e. The number of Topliss-reactive ketones (excluding diaryl/α,β-unsaturated/α-hetero) is 1. The molecule has 0 atom stereocenters. The lowest BCUT2D eigenvalue weighted by Gasteiger charge is -2.08. The first-order valence-electron chi connectivity index (χ1n) is 4.98. The molecule has 0 radical (unpaired) electrons. The number of hydrogen-bond acceptors (Lipinski definition) is 1. The van der Waals surface area contributed by atoms with Crippen LogP contribution >= 0.6 is 23.2 Å². The second-order valence-electron chi connectivity index (χ2n) is 4.40. The van der Waals surface area contributed by atoms with E-state index in [1.165, 1.54) is 0 Å². The summed E-state index contributed by atoms with van der Waals surface area (Å²) in [5.41, 5.74) is 0.794. The van der Waals surface area contributed by atoms with Gasteiger partial charge in [0.2, 0.25) is 0 Å². The highest BCUT2D eigenvalue weighted by atomic mass is 35.5. The number of ketones is 1. The molecule has 1 nitrogen and oxygen atoms in total. The maximum absolute atomic E-state index is 11.8. The van der Waals surface area contributed by atoms with Crippen molar-refractivity contribution in [1.82, 2.24) is 0 Å². The minimum absolute atomic E-state index is 0.0804. The number of hydrogen-bond donors (Lipinski definition) is 0. The summed E-state index contributed by atoms with van der Waals surface area (Å²) in [4.78, 5) is 11.8. The van der Waals surface area contributed by atoms with Gasteiger partial charge < -0.3 is 0 Å². The summed E-state index contributed by atoms with van der Waals surface area (Å²) in [6.45, 7) is 2.01. The first-order valence-corrected chi connectivity index (χ1v) is 5.74. The average Bonchev–Trinajstić information content (AvgIpc) is 2.90. The van der Waals surface area contributed by atoms with Gasteiger partial charge in [0.15, 0.2) is 0 Å². The SMILES string of the molecule is CC1(C(=O)Cc2ccc(Cl)cc2Cl)CC1. The quantitative estimate of drug-likeness (QED) is 0.786. The molecule has 1 fully saturated rings. The fourth-order valence-corrected chi connectivity index (χ4v) is 1.99. The lowest BCUT2D eigenvalue weighted by Crippen LogP contribution is -2.14. The van der Waals surface area contributed by atoms with Gasteiger partial charge in [0, 0.05) is 21.9 Å². The van der Waals surface area contributed by atoms with E-state index in [2.05, 4.69) is 0 Å². The molecule has 1 aromatic rings. The van der Waals surface area contributed by atoms with Crippen LogP contribution in [0.3, 0.4) is 0 Å². The molecule has 0 aliphatic heterocycles. The van der Waals surface area contributed by atoms with Gasteiger partial charge in [0.05, 0.1) is 0 Å². The second kappa shape index (κ2) is 3.80. The molecule has 80 valence electrons. The Morgan fingerprint density at radius 2 is 2.07 bits per heavy atom. The monoisotopic (exact) mass is 242 g/mol. The van der Waals surface area contributed by atoms with Crippen LogP contribution in [0.4, 0.5) is 0 Å². The van der Waals surface area contributed by atoms with Gasteiger partial charge in [-0.05, 0) is 30.5 Å². The lowest BCUT2D eigenvalue weighted by molar-refractivity contribution is -0.122. The highest BCUT2D eigenvalue weighted by Gasteiger charge is 2.44. The first kappa shape index (κ1) is 11.0. The van der Waals surface area contributed by atoms with Gasteiger partial charge in [-0.3, -0.25) is 4.79 Å². The van der Waals surface area contributed by atoms with Crippen molar-refractivity contribution >= 4 is 29.0 Å². The van der Waals surface area contributed by atoms with E-state index < -0.39 is 0 Å². The third-order valence-electron chi connectivity index (χ3n) is 3.04. The Labute approximate surface area is 99.4 Å². The Balaban J connectivity index is 2.14. The van der Waals surface area contributed by atoms with Gasteiger partial charge in [-0.25, -0.2) is 0 Å². The summed E-state index contributed by atoms with van der Waals surface area (Å²) in [6, 6.07) is 5.28. The molecule has 0 spiro atoms. The normalized spacial score (nSPS) is 17.5. The van der Waals surface area contributed by atoms with E-state index in [1.54, 1.807) is 12.1 Å². The van der Waals surface area contributed by atoms with Crippen LogP contribution in [0.2, 0.25) is 10.0 Å². The van der Waals surface area contributed by atoms with E-state index in [-0.39, 0.29) is 11.2 Å². The number of halogens is 2. The molecule has 15 heavy (non-hydrogen) atoms. The summed E-state index contributed by atoms with van der Waals surface area (Å²) in [7, 11) is 0. The van der Waals surface area contributed by atoms with E-state index in [0.717, 1.165) is 18.4 Å². The van der Waals surface area contributed by atoms with Crippen molar-refractivity contribution in [3.63, 3.8) is 0 Å². The van der Waals surface area contributed by atoms with Crippen molar-refractivity contribution in [3.05, 3.63) is 33.8 Å². The van der Waals surface area contributed by atoms with Crippen molar-refractivity contribution in [2.24, 2.45) is 5.41 Å². The Bertz CT molecular complexity index is 408. The fourth-order valence-electron chi connectivity index (χ4n) is 1.52. The van der Waals surface area contributed by atoms with E-state index in [9.17, 15) is 4.79 Å². The van der Waals surface area contributed by atoms with Crippen molar-refractivity contribution in [2.45, 2.75) is 26.2 Å². The van der Waals surface area contributed by atoms with E-state index in [0.29, 0.717) is 16.5 Å². The van der Waals surface area contributed by atoms with Gasteiger partial charge in [-0.1, -0.05) is 36.2 Å². The zero-order valence-electron chi connectivity index (χ0n) is 8.52. The zero-order chi connectivity index (χ0) is 11.1. The van der Waals surface area contributed by atoms with Gasteiger partial charge >= 0.3 is 0 Å². The smallest absolute Gasteiger partial charge is 0.143 e. The number of carbonyl (C=O) groups is 1. The first-order chi connectivity index (χ1) is 7.01. The molecular formula is C12H12Cl2O. The van der Waals surface area contributed by atoms with Gasteiger partial charge in [0.1, 0.15) is 5.78 Å². The Hall–Kier alpha value is -0.530. The van der Waals surface area contributed by atoms with Crippen LogP contribution < -0.4 is 0 Å². The molecule has 0 bridgehead atoms. The number of carbonyl (C=O) groups excluding carboxylic acids is 1. The fraction of sp³-hybridized carbons (Fsp3) is 0.417. The standard InChI is InChI=1S/C12H12Cl2O/c1-12(4-5-12)11(15)6-8-2-3-9(13)7-10(8)14/h2-3,7H,4-6H2,1H3. The molecular weight excluding hydrogens is 231 g/mol. The summed E-state index contributed by atoms with van der Waals surface area (Å²) in [5.74, 6) is 0.284. The zero-order valence-corrected chi connectivity index (χ0v) is 10.0. The molecule has 1 aromatic carbocycles. The lowest BCUT2D eigenvalue weighted by atomic mass is 9.97. The number of benzene rings is 1. The van der Waals surface area contributed by atoms with E-state index in [4.69, 9.17) is 23.2 Å². The Morgan fingerprint density at radius 3 is 2.60 bits per heavy atom.